The number of hydrogen-bond donors (Lipinski definition) is 1. The highest BCUT2D eigenvalue weighted by molar-refractivity contribution is 5.06. The van der Waals surface area contributed by atoms with Crippen LogP contribution in [0.25, 0.3) is 0 Å². The Morgan fingerprint density at radius 2 is 1.50 bits per heavy atom. The van der Waals surface area contributed by atoms with E-state index in [1.807, 2.05) is 0 Å². The maximum Gasteiger partial charge on any atom is 0.0382 e. The Hall–Kier alpha value is -0.0800. The van der Waals surface area contributed by atoms with Crippen molar-refractivity contribution in [3.8, 4) is 0 Å². The second kappa shape index (κ2) is 5.61. The summed E-state index contributed by atoms with van der Waals surface area (Å²) in [6, 6.07) is 0.740. The molecule has 0 radical (unpaired) electrons. The monoisotopic (exact) mass is 280 g/mol. The molecule has 2 rings (SSSR count). The van der Waals surface area contributed by atoms with Crippen LogP contribution < -0.4 is 5.73 Å². The third kappa shape index (κ3) is 2.78. The maximum absolute atomic E-state index is 6.33. The topological polar surface area (TPSA) is 29.3 Å². The fourth-order valence-electron chi connectivity index (χ4n) is 4.85. The van der Waals surface area contributed by atoms with Crippen LogP contribution in [-0.4, -0.2) is 30.1 Å². The van der Waals surface area contributed by atoms with Crippen LogP contribution in [0.15, 0.2) is 0 Å². The summed E-state index contributed by atoms with van der Waals surface area (Å²) < 4.78 is 0. The van der Waals surface area contributed by atoms with Crippen LogP contribution in [0.5, 0.6) is 0 Å². The van der Waals surface area contributed by atoms with Gasteiger partial charge in [-0.1, -0.05) is 40.5 Å². The van der Waals surface area contributed by atoms with Gasteiger partial charge >= 0.3 is 0 Å². The van der Waals surface area contributed by atoms with Gasteiger partial charge in [-0.3, -0.25) is 4.90 Å². The van der Waals surface area contributed by atoms with Crippen molar-refractivity contribution in [2.24, 2.45) is 16.6 Å². The lowest BCUT2D eigenvalue weighted by Gasteiger charge is -2.58. The van der Waals surface area contributed by atoms with Gasteiger partial charge < -0.3 is 5.73 Å². The van der Waals surface area contributed by atoms with Crippen LogP contribution in [0.3, 0.4) is 0 Å². The zero-order valence-electron chi connectivity index (χ0n) is 14.5. The van der Waals surface area contributed by atoms with Crippen molar-refractivity contribution >= 4 is 0 Å². The SMILES string of the molecule is CN(C1CCC(C)(C)CC1)C1(CN)CCCCC1(C)C. The predicted molar refractivity (Wildman–Crippen MR) is 87.8 cm³/mol. The molecule has 2 aliphatic rings. The molecule has 2 nitrogen and oxygen atoms in total. The van der Waals surface area contributed by atoms with Gasteiger partial charge in [0, 0.05) is 18.1 Å². The van der Waals surface area contributed by atoms with E-state index in [1.165, 1.54) is 51.4 Å². The smallest absolute Gasteiger partial charge is 0.0382 e. The fourth-order valence-corrected chi connectivity index (χ4v) is 4.85. The van der Waals surface area contributed by atoms with Gasteiger partial charge in [-0.15, -0.1) is 0 Å². The Morgan fingerprint density at radius 3 is 2.00 bits per heavy atom. The lowest BCUT2D eigenvalue weighted by molar-refractivity contribution is -0.0648. The zero-order valence-corrected chi connectivity index (χ0v) is 14.5. The van der Waals surface area contributed by atoms with Gasteiger partial charge in [-0.25, -0.2) is 0 Å². The van der Waals surface area contributed by atoms with Crippen molar-refractivity contribution in [2.45, 2.75) is 90.6 Å². The number of rotatable bonds is 3. The first-order chi connectivity index (χ1) is 9.24. The molecule has 0 aromatic rings. The Labute approximate surface area is 126 Å². The molecule has 0 amide bonds. The Bertz CT molecular complexity index is 324. The molecule has 118 valence electrons. The fraction of sp³-hybridized carbons (Fsp3) is 1.00. The third-order valence-electron chi connectivity index (χ3n) is 6.77. The van der Waals surface area contributed by atoms with Crippen molar-refractivity contribution in [3.05, 3.63) is 0 Å². The highest BCUT2D eigenvalue weighted by Gasteiger charge is 2.50. The minimum absolute atomic E-state index is 0.220. The van der Waals surface area contributed by atoms with E-state index in [9.17, 15) is 0 Å². The molecule has 0 heterocycles. The normalized spacial score (nSPS) is 34.4. The van der Waals surface area contributed by atoms with E-state index < -0.39 is 0 Å². The summed E-state index contributed by atoms with van der Waals surface area (Å²) >= 11 is 0. The van der Waals surface area contributed by atoms with Crippen LogP contribution in [-0.2, 0) is 0 Å². The van der Waals surface area contributed by atoms with Crippen LogP contribution in [0.2, 0.25) is 0 Å². The molecule has 0 spiro atoms. The van der Waals surface area contributed by atoms with Gasteiger partial charge in [0.25, 0.3) is 0 Å². The molecule has 1 unspecified atom stereocenters. The van der Waals surface area contributed by atoms with Crippen molar-refractivity contribution in [3.63, 3.8) is 0 Å². The highest BCUT2D eigenvalue weighted by atomic mass is 15.2. The first-order valence-corrected chi connectivity index (χ1v) is 8.67. The lowest BCUT2D eigenvalue weighted by atomic mass is 9.61. The van der Waals surface area contributed by atoms with E-state index in [0.717, 1.165) is 12.6 Å². The van der Waals surface area contributed by atoms with Crippen LogP contribution >= 0.6 is 0 Å². The van der Waals surface area contributed by atoms with Gasteiger partial charge in [0.15, 0.2) is 0 Å². The Balaban J connectivity index is 2.15. The molecule has 0 bridgehead atoms. The molecular weight excluding hydrogens is 244 g/mol. The van der Waals surface area contributed by atoms with Crippen molar-refractivity contribution < 1.29 is 0 Å². The summed E-state index contributed by atoms with van der Waals surface area (Å²) in [6.45, 7) is 10.6. The molecule has 2 N–H and O–H groups in total. The Kier molecular flexibility index (Phi) is 4.57. The van der Waals surface area contributed by atoms with Crippen LogP contribution in [0.4, 0.5) is 0 Å². The minimum atomic E-state index is 0.220. The quantitative estimate of drug-likeness (QED) is 0.840. The van der Waals surface area contributed by atoms with E-state index in [2.05, 4.69) is 39.6 Å². The zero-order chi connectivity index (χ0) is 15.0. The van der Waals surface area contributed by atoms with Gasteiger partial charge in [0.1, 0.15) is 0 Å². The second-order valence-electron chi connectivity index (χ2n) is 8.83. The Morgan fingerprint density at radius 1 is 0.950 bits per heavy atom. The maximum atomic E-state index is 6.33. The summed E-state index contributed by atoms with van der Waals surface area (Å²) in [5, 5.41) is 0. The molecule has 0 aromatic heterocycles. The average molecular weight is 280 g/mol. The average Bonchev–Trinajstić information content (AvgIpc) is 2.38. The molecular formula is C18H36N2. The van der Waals surface area contributed by atoms with Crippen molar-refractivity contribution in [1.82, 2.24) is 4.90 Å². The van der Waals surface area contributed by atoms with Crippen LogP contribution in [0, 0.1) is 10.8 Å². The van der Waals surface area contributed by atoms with Gasteiger partial charge in [-0.05, 0) is 56.4 Å². The van der Waals surface area contributed by atoms with E-state index in [-0.39, 0.29) is 5.54 Å². The second-order valence-corrected chi connectivity index (χ2v) is 8.83. The molecule has 2 heteroatoms. The van der Waals surface area contributed by atoms with E-state index in [4.69, 9.17) is 5.73 Å². The van der Waals surface area contributed by atoms with Gasteiger partial charge in [-0.2, -0.15) is 0 Å². The summed E-state index contributed by atoms with van der Waals surface area (Å²) in [4.78, 5) is 2.71. The number of hydrogen-bond acceptors (Lipinski definition) is 2. The standard InChI is InChI=1S/C18H36N2/c1-16(2)12-8-15(9-13-16)20(5)18(14-19)11-7-6-10-17(18,3)4/h15H,6-14,19H2,1-5H3. The molecule has 2 saturated carbocycles. The minimum Gasteiger partial charge on any atom is -0.329 e. The summed E-state index contributed by atoms with van der Waals surface area (Å²) in [5.74, 6) is 0. The third-order valence-corrected chi connectivity index (χ3v) is 6.77. The van der Waals surface area contributed by atoms with Gasteiger partial charge in [0.05, 0.1) is 0 Å². The summed E-state index contributed by atoms with van der Waals surface area (Å²) in [5.41, 5.74) is 7.45. The molecule has 0 aliphatic heterocycles. The largest absolute Gasteiger partial charge is 0.329 e. The predicted octanol–water partition coefficient (Wildman–Crippen LogP) is 4.18. The van der Waals surface area contributed by atoms with Crippen molar-refractivity contribution in [1.29, 1.82) is 0 Å². The molecule has 2 fully saturated rings. The van der Waals surface area contributed by atoms with Crippen molar-refractivity contribution in [2.75, 3.05) is 13.6 Å². The number of nitrogens with zero attached hydrogens (tertiary/aromatic N) is 1. The highest BCUT2D eigenvalue weighted by Crippen LogP contribution is 2.49. The van der Waals surface area contributed by atoms with E-state index in [0.29, 0.717) is 10.8 Å². The first-order valence-electron chi connectivity index (χ1n) is 8.67. The first kappa shape index (κ1) is 16.3. The molecule has 2 aliphatic carbocycles. The van der Waals surface area contributed by atoms with Gasteiger partial charge in [0.2, 0.25) is 0 Å². The van der Waals surface area contributed by atoms with Crippen LogP contribution in [0.1, 0.15) is 79.1 Å². The molecule has 0 aromatic carbocycles. The van der Waals surface area contributed by atoms with E-state index >= 15 is 0 Å². The number of nitrogens with two attached hydrogens (primary N) is 1. The van der Waals surface area contributed by atoms with E-state index in [1.54, 1.807) is 0 Å². The summed E-state index contributed by atoms with van der Waals surface area (Å²) in [7, 11) is 2.36. The molecule has 1 atom stereocenters. The molecule has 20 heavy (non-hydrogen) atoms. The summed E-state index contributed by atoms with van der Waals surface area (Å²) in [6.07, 6.45) is 10.8. The molecule has 0 saturated heterocycles. The lowest BCUT2D eigenvalue weighted by Crippen LogP contribution is -2.65. The number of likely N-dealkylation sites (N-methyl/N-ethyl adjacent to an activating group) is 1.